The number of benzene rings is 2. The fourth-order valence-corrected chi connectivity index (χ4v) is 2.44. The van der Waals surface area contributed by atoms with Gasteiger partial charge in [0.25, 0.3) is 5.69 Å². The number of aryl methyl sites for hydroxylation is 1. The van der Waals surface area contributed by atoms with E-state index in [0.717, 1.165) is 27.7 Å². The van der Waals surface area contributed by atoms with Gasteiger partial charge in [-0.1, -0.05) is 24.3 Å². The number of nitro benzene ring substituents is 1. The zero-order valence-corrected chi connectivity index (χ0v) is 12.3. The predicted octanol–water partition coefficient (Wildman–Crippen LogP) is 4.53. The Hall–Kier alpha value is -2.95. The molecule has 2 aromatic carbocycles. The highest BCUT2D eigenvalue weighted by atomic mass is 16.6. The summed E-state index contributed by atoms with van der Waals surface area (Å²) in [5.41, 5.74) is 4.45. The van der Waals surface area contributed by atoms with Gasteiger partial charge in [-0.25, -0.2) is 0 Å². The molecule has 0 atom stereocenters. The van der Waals surface area contributed by atoms with Gasteiger partial charge in [0.1, 0.15) is 0 Å². The zero-order chi connectivity index (χ0) is 15.7. The topological polar surface area (TPSA) is 71.3 Å². The number of para-hydroxylation sites is 1. The third-order valence-corrected chi connectivity index (χ3v) is 3.67. The van der Waals surface area contributed by atoms with E-state index in [1.807, 2.05) is 44.3 Å². The van der Waals surface area contributed by atoms with Crippen molar-refractivity contribution in [1.29, 1.82) is 0 Å². The van der Waals surface area contributed by atoms with Crippen LogP contribution in [0, 0.1) is 17.0 Å². The molecule has 0 aliphatic heterocycles. The van der Waals surface area contributed by atoms with Crippen LogP contribution in [0.2, 0.25) is 0 Å². The van der Waals surface area contributed by atoms with Crippen LogP contribution >= 0.6 is 0 Å². The maximum Gasteiger partial charge on any atom is 0.271 e. The van der Waals surface area contributed by atoms with Crippen LogP contribution in [0.25, 0.3) is 10.9 Å². The summed E-state index contributed by atoms with van der Waals surface area (Å²) in [6.07, 6.45) is 1.91. The Morgan fingerprint density at radius 2 is 2.00 bits per heavy atom. The first kappa shape index (κ1) is 14.0. The van der Waals surface area contributed by atoms with E-state index >= 15 is 0 Å². The number of H-pyrrole nitrogens is 1. The van der Waals surface area contributed by atoms with Crippen molar-refractivity contribution in [2.24, 2.45) is 4.99 Å². The number of nitrogens with one attached hydrogen (secondary N) is 1. The minimum absolute atomic E-state index is 0.0519. The second-order valence-electron chi connectivity index (χ2n) is 5.17. The number of hydrogen-bond acceptors (Lipinski definition) is 3. The van der Waals surface area contributed by atoms with Crippen molar-refractivity contribution >= 4 is 28.0 Å². The number of aliphatic imine (C=N–C) groups is 1. The van der Waals surface area contributed by atoms with Gasteiger partial charge in [0, 0.05) is 40.5 Å². The second-order valence-corrected chi connectivity index (χ2v) is 5.17. The van der Waals surface area contributed by atoms with Crippen LogP contribution in [-0.2, 0) is 0 Å². The molecule has 0 spiro atoms. The first-order chi connectivity index (χ1) is 10.6. The Morgan fingerprint density at radius 3 is 2.77 bits per heavy atom. The number of rotatable bonds is 3. The summed E-state index contributed by atoms with van der Waals surface area (Å²) in [4.78, 5) is 18.3. The molecule has 5 nitrogen and oxygen atoms in total. The molecule has 3 aromatic rings. The number of hydrogen-bond donors (Lipinski definition) is 1. The largest absolute Gasteiger partial charge is 0.360 e. The molecule has 22 heavy (non-hydrogen) atoms. The standard InChI is InChI=1S/C17H15N3O2/c1-11-7-8-13(20(21)22)9-17(11)19-12(2)15-10-18-16-6-4-3-5-14(15)16/h3-10,18H,1-2H3. The first-order valence-corrected chi connectivity index (χ1v) is 6.93. The highest BCUT2D eigenvalue weighted by molar-refractivity contribution is 6.10. The van der Waals surface area contributed by atoms with Gasteiger partial charge in [-0.05, 0) is 25.5 Å². The minimum Gasteiger partial charge on any atom is -0.360 e. The normalized spacial score (nSPS) is 11.8. The van der Waals surface area contributed by atoms with Gasteiger partial charge in [-0.15, -0.1) is 0 Å². The number of aromatic amines is 1. The van der Waals surface area contributed by atoms with Crippen molar-refractivity contribution in [3.63, 3.8) is 0 Å². The lowest BCUT2D eigenvalue weighted by molar-refractivity contribution is -0.384. The van der Waals surface area contributed by atoms with Crippen LogP contribution < -0.4 is 0 Å². The molecule has 0 unspecified atom stereocenters. The number of non-ortho nitro benzene ring substituents is 1. The molecular formula is C17H15N3O2. The average Bonchev–Trinajstić information content (AvgIpc) is 2.93. The van der Waals surface area contributed by atoms with Gasteiger partial charge in [-0.3, -0.25) is 15.1 Å². The quantitative estimate of drug-likeness (QED) is 0.438. The number of fused-ring (bicyclic) bond motifs is 1. The van der Waals surface area contributed by atoms with Gasteiger partial charge < -0.3 is 4.98 Å². The summed E-state index contributed by atoms with van der Waals surface area (Å²) >= 11 is 0. The van der Waals surface area contributed by atoms with Crippen molar-refractivity contribution < 1.29 is 4.92 Å². The molecular weight excluding hydrogens is 278 g/mol. The zero-order valence-electron chi connectivity index (χ0n) is 12.3. The van der Waals surface area contributed by atoms with Crippen molar-refractivity contribution in [2.75, 3.05) is 0 Å². The van der Waals surface area contributed by atoms with Crippen molar-refractivity contribution in [2.45, 2.75) is 13.8 Å². The maximum atomic E-state index is 10.9. The molecule has 0 aliphatic rings. The first-order valence-electron chi connectivity index (χ1n) is 6.93. The van der Waals surface area contributed by atoms with E-state index in [1.165, 1.54) is 12.1 Å². The molecule has 0 saturated carbocycles. The van der Waals surface area contributed by atoms with E-state index in [0.29, 0.717) is 5.69 Å². The Morgan fingerprint density at radius 1 is 1.23 bits per heavy atom. The molecule has 3 rings (SSSR count). The SMILES string of the molecule is CC(=Nc1cc([N+](=O)[O-])ccc1C)c1c[nH]c2ccccc12. The molecule has 1 N–H and O–H groups in total. The summed E-state index contributed by atoms with van der Waals surface area (Å²) in [6.45, 7) is 3.80. The van der Waals surface area contributed by atoms with Gasteiger partial charge in [0.15, 0.2) is 0 Å². The van der Waals surface area contributed by atoms with Crippen LogP contribution in [0.4, 0.5) is 11.4 Å². The third kappa shape index (κ3) is 2.48. The Balaban J connectivity index is 2.08. The molecule has 0 radical (unpaired) electrons. The summed E-state index contributed by atoms with van der Waals surface area (Å²) in [7, 11) is 0. The fourth-order valence-electron chi connectivity index (χ4n) is 2.44. The van der Waals surface area contributed by atoms with Crippen molar-refractivity contribution in [1.82, 2.24) is 4.98 Å². The van der Waals surface area contributed by atoms with E-state index in [1.54, 1.807) is 6.07 Å². The van der Waals surface area contributed by atoms with E-state index < -0.39 is 4.92 Å². The van der Waals surface area contributed by atoms with E-state index in [4.69, 9.17) is 0 Å². The van der Waals surface area contributed by atoms with Crippen LogP contribution in [0.15, 0.2) is 53.7 Å². The number of nitro groups is 1. The van der Waals surface area contributed by atoms with Gasteiger partial charge >= 0.3 is 0 Å². The lowest BCUT2D eigenvalue weighted by Crippen LogP contribution is -1.93. The van der Waals surface area contributed by atoms with Crippen molar-refractivity contribution in [3.05, 3.63) is 69.9 Å². The average molecular weight is 293 g/mol. The molecule has 5 heteroatoms. The minimum atomic E-state index is -0.403. The van der Waals surface area contributed by atoms with E-state index in [2.05, 4.69) is 9.98 Å². The van der Waals surface area contributed by atoms with E-state index in [-0.39, 0.29) is 5.69 Å². The monoisotopic (exact) mass is 293 g/mol. The van der Waals surface area contributed by atoms with Crippen molar-refractivity contribution in [3.8, 4) is 0 Å². The predicted molar refractivity (Wildman–Crippen MR) is 88.0 cm³/mol. The summed E-state index contributed by atoms with van der Waals surface area (Å²) in [5, 5.41) is 12.0. The molecule has 0 bridgehead atoms. The molecule has 0 fully saturated rings. The molecule has 0 aliphatic carbocycles. The summed E-state index contributed by atoms with van der Waals surface area (Å²) in [5.74, 6) is 0. The molecule has 1 aromatic heterocycles. The highest BCUT2D eigenvalue weighted by Crippen LogP contribution is 2.26. The Bertz CT molecular complexity index is 894. The molecule has 110 valence electrons. The molecule has 0 amide bonds. The van der Waals surface area contributed by atoms with Crippen LogP contribution in [0.1, 0.15) is 18.1 Å². The number of nitrogens with zero attached hydrogens (tertiary/aromatic N) is 2. The number of aromatic nitrogens is 1. The third-order valence-electron chi connectivity index (χ3n) is 3.67. The fraction of sp³-hybridized carbons (Fsp3) is 0.118. The lowest BCUT2D eigenvalue weighted by Gasteiger charge is -2.03. The smallest absolute Gasteiger partial charge is 0.271 e. The second kappa shape index (κ2) is 5.44. The van der Waals surface area contributed by atoms with Crippen LogP contribution in [-0.4, -0.2) is 15.6 Å². The Kier molecular flexibility index (Phi) is 3.47. The van der Waals surface area contributed by atoms with Gasteiger partial charge in [0.2, 0.25) is 0 Å². The highest BCUT2D eigenvalue weighted by Gasteiger charge is 2.10. The summed E-state index contributed by atoms with van der Waals surface area (Å²) in [6, 6.07) is 12.7. The maximum absolute atomic E-state index is 10.9. The van der Waals surface area contributed by atoms with E-state index in [9.17, 15) is 10.1 Å². The lowest BCUT2D eigenvalue weighted by atomic mass is 10.1. The van der Waals surface area contributed by atoms with Gasteiger partial charge in [-0.2, -0.15) is 0 Å². The Labute approximate surface area is 127 Å². The molecule has 0 saturated heterocycles. The van der Waals surface area contributed by atoms with Gasteiger partial charge in [0.05, 0.1) is 10.6 Å². The van der Waals surface area contributed by atoms with Crippen LogP contribution in [0.3, 0.4) is 0 Å². The summed E-state index contributed by atoms with van der Waals surface area (Å²) < 4.78 is 0. The molecule has 1 heterocycles. The van der Waals surface area contributed by atoms with Crippen LogP contribution in [0.5, 0.6) is 0 Å².